The van der Waals surface area contributed by atoms with Crippen LogP contribution in [0.3, 0.4) is 0 Å². The highest BCUT2D eigenvalue weighted by atomic mass is 16.5. The van der Waals surface area contributed by atoms with E-state index in [0.29, 0.717) is 27.8 Å². The van der Waals surface area contributed by atoms with Crippen LogP contribution in [0.5, 0.6) is 11.5 Å². The van der Waals surface area contributed by atoms with Gasteiger partial charge in [0.15, 0.2) is 5.43 Å². The van der Waals surface area contributed by atoms with Crippen molar-refractivity contribution in [3.05, 3.63) is 59.0 Å². The molecule has 2 aromatic carbocycles. The van der Waals surface area contributed by atoms with Crippen molar-refractivity contribution in [2.75, 3.05) is 0 Å². The van der Waals surface area contributed by atoms with Crippen molar-refractivity contribution >= 4 is 11.0 Å². The van der Waals surface area contributed by atoms with Gasteiger partial charge in [-0.05, 0) is 43.7 Å². The fraction of sp³-hybridized carbons (Fsp3) is 0.250. The zero-order valence-electron chi connectivity index (χ0n) is 14.4. The van der Waals surface area contributed by atoms with Gasteiger partial charge in [-0.1, -0.05) is 26.0 Å². The third-order valence-corrected chi connectivity index (χ3v) is 3.30. The Hall–Kier alpha value is -2.75. The molecule has 0 bridgehead atoms. The van der Waals surface area contributed by atoms with Crippen LogP contribution in [-0.4, -0.2) is 11.2 Å². The maximum Gasteiger partial charge on any atom is 0.200 e. The minimum atomic E-state index is -0.108. The summed E-state index contributed by atoms with van der Waals surface area (Å²) in [5, 5.41) is 9.83. The third kappa shape index (κ3) is 3.77. The number of rotatable bonds is 3. The van der Waals surface area contributed by atoms with Gasteiger partial charge in [-0.2, -0.15) is 0 Å². The van der Waals surface area contributed by atoms with Crippen LogP contribution < -0.4 is 10.2 Å². The number of hydrogen-bond acceptors (Lipinski definition) is 4. The highest BCUT2D eigenvalue weighted by Gasteiger charge is 2.10. The maximum atomic E-state index is 12.6. The summed E-state index contributed by atoms with van der Waals surface area (Å²) in [6.07, 6.45) is 1.50. The number of aromatic hydroxyl groups is 1. The third-order valence-electron chi connectivity index (χ3n) is 3.30. The minimum Gasteiger partial charge on any atom is -0.508 e. The molecule has 126 valence electrons. The van der Waals surface area contributed by atoms with Gasteiger partial charge in [-0.3, -0.25) is 4.79 Å². The topological polar surface area (TPSA) is 59.7 Å². The van der Waals surface area contributed by atoms with E-state index in [2.05, 4.69) is 0 Å². The molecule has 0 amide bonds. The fourth-order valence-electron chi connectivity index (χ4n) is 2.29. The normalized spacial score (nSPS) is 10.4. The summed E-state index contributed by atoms with van der Waals surface area (Å²) in [5.74, 6) is 0.826. The predicted molar refractivity (Wildman–Crippen MR) is 96.7 cm³/mol. The number of phenols is 1. The van der Waals surface area contributed by atoms with E-state index in [4.69, 9.17) is 9.15 Å². The van der Waals surface area contributed by atoms with Crippen LogP contribution in [0.4, 0.5) is 0 Å². The van der Waals surface area contributed by atoms with Gasteiger partial charge in [-0.25, -0.2) is 0 Å². The summed E-state index contributed by atoms with van der Waals surface area (Å²) in [6.45, 7) is 7.88. The molecule has 0 aliphatic carbocycles. The number of hydrogen-bond donors (Lipinski definition) is 1. The Morgan fingerprint density at radius 1 is 1.04 bits per heavy atom. The number of benzene rings is 2. The van der Waals surface area contributed by atoms with Crippen molar-refractivity contribution in [2.45, 2.75) is 33.8 Å². The predicted octanol–water partition coefficient (Wildman–Crippen LogP) is 4.98. The van der Waals surface area contributed by atoms with Crippen LogP contribution in [0.15, 0.2) is 57.9 Å². The minimum absolute atomic E-state index is 0.0560. The first-order chi connectivity index (χ1) is 11.5. The van der Waals surface area contributed by atoms with Gasteiger partial charge in [0.05, 0.1) is 17.1 Å². The quantitative estimate of drug-likeness (QED) is 0.737. The first kappa shape index (κ1) is 17.6. The Kier molecular flexibility index (Phi) is 5.64. The average Bonchev–Trinajstić information content (AvgIpc) is 2.57. The molecule has 4 nitrogen and oxygen atoms in total. The maximum absolute atomic E-state index is 12.6. The first-order valence-electron chi connectivity index (χ1n) is 8.06. The summed E-state index contributed by atoms with van der Waals surface area (Å²) in [5.41, 5.74) is 1.55. The van der Waals surface area contributed by atoms with E-state index < -0.39 is 0 Å². The molecule has 3 aromatic rings. The Morgan fingerprint density at radius 2 is 1.71 bits per heavy atom. The highest BCUT2D eigenvalue weighted by molar-refractivity contribution is 5.82. The molecule has 0 unspecified atom stereocenters. The summed E-state index contributed by atoms with van der Waals surface area (Å²) < 4.78 is 11.2. The summed E-state index contributed by atoms with van der Waals surface area (Å²) in [4.78, 5) is 12.6. The molecule has 0 saturated heterocycles. The molecule has 1 N–H and O–H groups in total. The number of phenolic OH excluding ortho intramolecular Hbond substituents is 1. The van der Waals surface area contributed by atoms with Gasteiger partial charge in [0.2, 0.25) is 0 Å². The Labute approximate surface area is 141 Å². The van der Waals surface area contributed by atoms with E-state index in [0.717, 1.165) is 0 Å². The Balaban J connectivity index is 0.00000100. The van der Waals surface area contributed by atoms with Crippen molar-refractivity contribution in [3.63, 3.8) is 0 Å². The summed E-state index contributed by atoms with van der Waals surface area (Å²) >= 11 is 0. The van der Waals surface area contributed by atoms with Gasteiger partial charge in [0.1, 0.15) is 23.3 Å². The lowest BCUT2D eigenvalue weighted by atomic mass is 10.1. The lowest BCUT2D eigenvalue weighted by Gasteiger charge is -2.10. The molecule has 0 spiro atoms. The molecule has 0 saturated carbocycles. The fourth-order valence-corrected chi connectivity index (χ4v) is 2.29. The zero-order valence-corrected chi connectivity index (χ0v) is 14.4. The van der Waals surface area contributed by atoms with Gasteiger partial charge >= 0.3 is 0 Å². The van der Waals surface area contributed by atoms with E-state index in [-0.39, 0.29) is 17.3 Å². The van der Waals surface area contributed by atoms with Crippen molar-refractivity contribution in [1.82, 2.24) is 0 Å². The SMILES string of the molecule is CC.CC(C)Oc1ccc2c(=O)c(-c3ccc(O)cc3)coc2c1. The summed E-state index contributed by atoms with van der Waals surface area (Å²) in [7, 11) is 0. The molecule has 3 rings (SSSR count). The molecular weight excluding hydrogens is 304 g/mol. The molecule has 0 radical (unpaired) electrons. The lowest BCUT2D eigenvalue weighted by Crippen LogP contribution is -2.07. The van der Waals surface area contributed by atoms with Crippen molar-refractivity contribution < 1.29 is 14.3 Å². The summed E-state index contributed by atoms with van der Waals surface area (Å²) in [6, 6.07) is 11.6. The van der Waals surface area contributed by atoms with Crippen LogP contribution >= 0.6 is 0 Å². The smallest absolute Gasteiger partial charge is 0.200 e. The van der Waals surface area contributed by atoms with E-state index >= 15 is 0 Å². The van der Waals surface area contributed by atoms with E-state index in [1.165, 1.54) is 6.26 Å². The second-order valence-corrected chi connectivity index (χ2v) is 5.35. The molecule has 0 atom stereocenters. The molecule has 1 aromatic heterocycles. The van der Waals surface area contributed by atoms with Gasteiger partial charge in [-0.15, -0.1) is 0 Å². The van der Waals surface area contributed by atoms with Crippen LogP contribution in [0.2, 0.25) is 0 Å². The average molecular weight is 326 g/mol. The monoisotopic (exact) mass is 326 g/mol. The molecule has 4 heteroatoms. The van der Waals surface area contributed by atoms with Gasteiger partial charge < -0.3 is 14.3 Å². The zero-order chi connectivity index (χ0) is 17.7. The molecule has 0 aliphatic heterocycles. The standard InChI is InChI=1S/C18H16O4.C2H6/c1-11(2)22-14-7-8-15-17(9-14)21-10-16(18(15)20)12-3-5-13(19)6-4-12;1-2/h3-11,19H,1-2H3;1-2H3. The van der Waals surface area contributed by atoms with Gasteiger partial charge in [0.25, 0.3) is 0 Å². The van der Waals surface area contributed by atoms with Crippen LogP contribution in [0.1, 0.15) is 27.7 Å². The molecule has 1 heterocycles. The Bertz CT molecular complexity index is 861. The number of fused-ring (bicyclic) bond motifs is 1. The van der Waals surface area contributed by atoms with E-state index in [1.807, 2.05) is 27.7 Å². The second kappa shape index (κ2) is 7.68. The molecule has 0 fully saturated rings. The van der Waals surface area contributed by atoms with Crippen LogP contribution in [0.25, 0.3) is 22.1 Å². The first-order valence-corrected chi connectivity index (χ1v) is 8.06. The van der Waals surface area contributed by atoms with E-state index in [1.54, 1.807) is 42.5 Å². The van der Waals surface area contributed by atoms with Crippen molar-refractivity contribution in [2.24, 2.45) is 0 Å². The highest BCUT2D eigenvalue weighted by Crippen LogP contribution is 2.24. The van der Waals surface area contributed by atoms with Crippen LogP contribution in [0, 0.1) is 0 Å². The molecular formula is C20H22O4. The van der Waals surface area contributed by atoms with Crippen LogP contribution in [-0.2, 0) is 0 Å². The van der Waals surface area contributed by atoms with Crippen molar-refractivity contribution in [1.29, 1.82) is 0 Å². The van der Waals surface area contributed by atoms with Gasteiger partial charge in [0, 0.05) is 6.07 Å². The van der Waals surface area contributed by atoms with Crippen molar-refractivity contribution in [3.8, 4) is 22.6 Å². The lowest BCUT2D eigenvalue weighted by molar-refractivity contribution is 0.242. The second-order valence-electron chi connectivity index (χ2n) is 5.35. The Morgan fingerprint density at radius 3 is 2.33 bits per heavy atom. The van der Waals surface area contributed by atoms with E-state index in [9.17, 15) is 9.90 Å². The molecule has 24 heavy (non-hydrogen) atoms. The largest absolute Gasteiger partial charge is 0.508 e. The number of ether oxygens (including phenoxy) is 1. The molecule has 0 aliphatic rings.